The number of methoxy groups -OCH3 is 1. The fourth-order valence-corrected chi connectivity index (χ4v) is 3.11. The van der Waals surface area contributed by atoms with Crippen molar-refractivity contribution in [3.63, 3.8) is 0 Å². The minimum Gasteiger partial charge on any atom is -0.496 e. The highest BCUT2D eigenvalue weighted by Gasteiger charge is 2.23. The van der Waals surface area contributed by atoms with Gasteiger partial charge in [0.1, 0.15) is 5.75 Å². The van der Waals surface area contributed by atoms with Gasteiger partial charge in [0.25, 0.3) is 0 Å². The quantitative estimate of drug-likeness (QED) is 0.944. The van der Waals surface area contributed by atoms with Gasteiger partial charge in [-0.3, -0.25) is 4.79 Å². The van der Waals surface area contributed by atoms with Gasteiger partial charge in [0.2, 0.25) is 5.91 Å². The van der Waals surface area contributed by atoms with Crippen molar-refractivity contribution in [2.24, 2.45) is 5.73 Å². The molecule has 2 aromatic carbocycles. The largest absolute Gasteiger partial charge is 0.496 e. The zero-order chi connectivity index (χ0) is 16.4. The predicted octanol–water partition coefficient (Wildman–Crippen LogP) is 3.00. The van der Waals surface area contributed by atoms with Crippen molar-refractivity contribution in [1.29, 1.82) is 0 Å². The van der Waals surface area contributed by atoms with Gasteiger partial charge >= 0.3 is 0 Å². The summed E-state index contributed by atoms with van der Waals surface area (Å²) in [4.78, 5) is 13.8. The first-order valence-electron chi connectivity index (χ1n) is 7.92. The van der Waals surface area contributed by atoms with E-state index >= 15 is 0 Å². The van der Waals surface area contributed by atoms with Gasteiger partial charge in [0, 0.05) is 25.1 Å². The number of hydrogen-bond acceptors (Lipinski definition) is 3. The van der Waals surface area contributed by atoms with Crippen molar-refractivity contribution in [3.05, 3.63) is 64.7 Å². The summed E-state index contributed by atoms with van der Waals surface area (Å²) in [5.41, 5.74) is 10.9. The molecule has 1 heterocycles. The third-order valence-corrected chi connectivity index (χ3v) is 4.44. The highest BCUT2D eigenvalue weighted by Crippen LogP contribution is 2.31. The Labute approximate surface area is 136 Å². The molecule has 120 valence electrons. The highest BCUT2D eigenvalue weighted by atomic mass is 16.5. The third-order valence-electron chi connectivity index (χ3n) is 4.44. The molecule has 1 unspecified atom stereocenters. The van der Waals surface area contributed by atoms with Crippen molar-refractivity contribution in [2.45, 2.75) is 32.5 Å². The molecule has 4 heteroatoms. The van der Waals surface area contributed by atoms with Crippen molar-refractivity contribution >= 4 is 5.91 Å². The number of benzene rings is 2. The highest BCUT2D eigenvalue weighted by molar-refractivity contribution is 5.76. The van der Waals surface area contributed by atoms with Gasteiger partial charge in [0.05, 0.1) is 13.2 Å². The first-order valence-corrected chi connectivity index (χ1v) is 7.92. The van der Waals surface area contributed by atoms with Crippen molar-refractivity contribution in [2.75, 3.05) is 7.11 Å². The van der Waals surface area contributed by atoms with Crippen LogP contribution in [-0.4, -0.2) is 17.9 Å². The third kappa shape index (κ3) is 2.94. The van der Waals surface area contributed by atoms with Crippen LogP contribution in [0.15, 0.2) is 42.5 Å². The molecule has 0 aromatic heterocycles. The smallest absolute Gasteiger partial charge is 0.222 e. The molecule has 1 aliphatic heterocycles. The zero-order valence-corrected chi connectivity index (χ0v) is 13.6. The number of amides is 1. The number of hydrogen-bond donors (Lipinski definition) is 1. The number of nitrogens with zero attached hydrogens (tertiary/aromatic N) is 1. The molecule has 23 heavy (non-hydrogen) atoms. The molecule has 3 rings (SSSR count). The number of carbonyl (C=O) groups excluding carboxylic acids is 1. The molecule has 0 radical (unpaired) electrons. The lowest BCUT2D eigenvalue weighted by Gasteiger charge is -2.17. The Hall–Kier alpha value is -2.33. The van der Waals surface area contributed by atoms with Crippen LogP contribution in [0, 0.1) is 0 Å². The standard InChI is InChI=1S/C19H22N2O2/c1-3-18(22)21-11-14-9-8-13(10-15(14)12-21)19(20)16-6-4-5-7-17(16)23-2/h4-10,19H,3,11-12,20H2,1-2H3. The average molecular weight is 310 g/mol. The summed E-state index contributed by atoms with van der Waals surface area (Å²) in [5.74, 6) is 0.986. The van der Waals surface area contributed by atoms with Crippen LogP contribution in [0.2, 0.25) is 0 Å². The second kappa shape index (κ2) is 6.42. The first-order chi connectivity index (χ1) is 11.1. The fraction of sp³-hybridized carbons (Fsp3) is 0.316. The van der Waals surface area contributed by atoms with Gasteiger partial charge in [-0.25, -0.2) is 0 Å². The van der Waals surface area contributed by atoms with E-state index in [1.54, 1.807) is 7.11 Å². The van der Waals surface area contributed by atoms with Gasteiger partial charge in [-0.15, -0.1) is 0 Å². The summed E-state index contributed by atoms with van der Waals surface area (Å²) in [6, 6.07) is 13.8. The average Bonchev–Trinajstić information content (AvgIpc) is 3.03. The molecule has 0 spiro atoms. The summed E-state index contributed by atoms with van der Waals surface area (Å²) in [5, 5.41) is 0. The maximum absolute atomic E-state index is 11.9. The fourth-order valence-electron chi connectivity index (χ4n) is 3.11. The molecule has 4 nitrogen and oxygen atoms in total. The lowest BCUT2D eigenvalue weighted by molar-refractivity contribution is -0.131. The number of rotatable bonds is 4. The van der Waals surface area contributed by atoms with E-state index in [-0.39, 0.29) is 11.9 Å². The minimum atomic E-state index is -0.243. The Morgan fingerprint density at radius 2 is 1.96 bits per heavy atom. The van der Waals surface area contributed by atoms with Crippen molar-refractivity contribution in [3.8, 4) is 5.75 Å². The number of nitrogens with two attached hydrogens (primary N) is 1. The molecular weight excluding hydrogens is 288 g/mol. The van der Waals surface area contributed by atoms with E-state index in [9.17, 15) is 4.79 Å². The van der Waals surface area contributed by atoms with E-state index in [0.29, 0.717) is 19.5 Å². The van der Waals surface area contributed by atoms with Crippen molar-refractivity contribution < 1.29 is 9.53 Å². The Kier molecular flexibility index (Phi) is 4.35. The molecule has 1 aliphatic rings. The van der Waals surface area contributed by atoms with E-state index in [4.69, 9.17) is 10.5 Å². The van der Waals surface area contributed by atoms with Crippen LogP contribution in [0.4, 0.5) is 0 Å². The molecule has 0 saturated heterocycles. The first kappa shape index (κ1) is 15.6. The van der Waals surface area contributed by atoms with Crippen LogP contribution in [0.3, 0.4) is 0 Å². The molecule has 1 amide bonds. The molecule has 0 bridgehead atoms. The summed E-state index contributed by atoms with van der Waals surface area (Å²) in [7, 11) is 1.66. The van der Waals surface area contributed by atoms with Crippen LogP contribution in [0.1, 0.15) is 41.6 Å². The maximum Gasteiger partial charge on any atom is 0.222 e. The Bertz CT molecular complexity index is 727. The van der Waals surface area contributed by atoms with Gasteiger partial charge < -0.3 is 15.4 Å². The van der Waals surface area contributed by atoms with E-state index in [1.807, 2.05) is 36.1 Å². The summed E-state index contributed by atoms with van der Waals surface area (Å²) in [6.07, 6.45) is 0.543. The Morgan fingerprint density at radius 3 is 2.70 bits per heavy atom. The predicted molar refractivity (Wildman–Crippen MR) is 90.0 cm³/mol. The van der Waals surface area contributed by atoms with E-state index < -0.39 is 0 Å². The lowest BCUT2D eigenvalue weighted by atomic mass is 9.96. The molecule has 0 aliphatic carbocycles. The van der Waals surface area contributed by atoms with Gasteiger partial charge in [0.15, 0.2) is 0 Å². The van der Waals surface area contributed by atoms with Crippen molar-refractivity contribution in [1.82, 2.24) is 4.90 Å². The van der Waals surface area contributed by atoms with E-state index in [0.717, 1.165) is 16.9 Å². The SMILES string of the molecule is CCC(=O)N1Cc2ccc(C(N)c3ccccc3OC)cc2C1. The number of carbonyl (C=O) groups is 1. The molecule has 0 fully saturated rings. The zero-order valence-electron chi connectivity index (χ0n) is 13.6. The van der Waals surface area contributed by atoms with Crippen LogP contribution in [0.25, 0.3) is 0 Å². The maximum atomic E-state index is 11.9. The van der Waals surface area contributed by atoms with Gasteiger partial charge in [-0.2, -0.15) is 0 Å². The van der Waals surface area contributed by atoms with Crippen LogP contribution in [0.5, 0.6) is 5.75 Å². The monoisotopic (exact) mass is 310 g/mol. The summed E-state index contributed by atoms with van der Waals surface area (Å²) in [6.45, 7) is 3.27. The summed E-state index contributed by atoms with van der Waals surface area (Å²) >= 11 is 0. The van der Waals surface area contributed by atoms with E-state index in [2.05, 4.69) is 18.2 Å². The molecule has 2 aromatic rings. The normalized spacial score (nSPS) is 14.5. The topological polar surface area (TPSA) is 55.6 Å². The second-order valence-corrected chi connectivity index (χ2v) is 5.85. The number of para-hydroxylation sites is 1. The summed E-state index contributed by atoms with van der Waals surface area (Å²) < 4.78 is 5.41. The number of fused-ring (bicyclic) bond motifs is 1. The molecule has 1 atom stereocenters. The van der Waals surface area contributed by atoms with Crippen LogP contribution in [-0.2, 0) is 17.9 Å². The number of ether oxygens (including phenoxy) is 1. The van der Waals surface area contributed by atoms with Gasteiger partial charge in [-0.1, -0.05) is 43.3 Å². The van der Waals surface area contributed by atoms with Crippen LogP contribution < -0.4 is 10.5 Å². The molecular formula is C19H22N2O2. The lowest BCUT2D eigenvalue weighted by Crippen LogP contribution is -2.23. The molecule has 0 saturated carbocycles. The Balaban J connectivity index is 1.88. The molecule has 2 N–H and O–H groups in total. The Morgan fingerprint density at radius 1 is 1.22 bits per heavy atom. The van der Waals surface area contributed by atoms with Gasteiger partial charge in [-0.05, 0) is 22.8 Å². The second-order valence-electron chi connectivity index (χ2n) is 5.85. The van der Waals surface area contributed by atoms with E-state index in [1.165, 1.54) is 11.1 Å². The minimum absolute atomic E-state index is 0.191. The van der Waals surface area contributed by atoms with Crippen LogP contribution >= 0.6 is 0 Å².